The fourth-order valence-electron chi connectivity index (χ4n) is 8.75. The van der Waals surface area contributed by atoms with E-state index in [9.17, 15) is 45.8 Å². The molecule has 7 N–H and O–H groups in total. The van der Waals surface area contributed by atoms with Gasteiger partial charge in [0.15, 0.2) is 5.78 Å². The molecule has 4 saturated carbocycles. The lowest BCUT2D eigenvalue weighted by molar-refractivity contribution is -0.272. The van der Waals surface area contributed by atoms with E-state index in [1.165, 1.54) is 6.92 Å². The Bertz CT molecular complexity index is 1320. The third kappa shape index (κ3) is 8.85. The topological polar surface area (TPSA) is 226 Å². The van der Waals surface area contributed by atoms with Gasteiger partial charge < -0.3 is 41.0 Å². The molecule has 4 rings (SSSR count). The summed E-state index contributed by atoms with van der Waals surface area (Å²) in [7, 11) is 1.57. The number of aliphatic hydroxyl groups is 1. The summed E-state index contributed by atoms with van der Waals surface area (Å²) in [5.41, 5.74) is 9.93. The minimum Gasteiger partial charge on any atom is -0.475 e. The van der Waals surface area contributed by atoms with Crippen LogP contribution in [0.2, 0.25) is 0 Å². The van der Waals surface area contributed by atoms with Crippen LogP contribution in [0.3, 0.4) is 0 Å². The van der Waals surface area contributed by atoms with Gasteiger partial charge in [-0.3, -0.25) is 14.4 Å². The fourth-order valence-corrected chi connectivity index (χ4v) is 8.75. The van der Waals surface area contributed by atoms with E-state index >= 15 is 0 Å². The summed E-state index contributed by atoms with van der Waals surface area (Å²) in [5.74, 6) is -7.87. The number of hydrogen-bond acceptors (Lipinski definition) is 11. The Kier molecular flexibility index (Phi) is 13.9. The zero-order valence-electron chi connectivity index (χ0n) is 28.6. The number of esters is 2. The van der Waals surface area contributed by atoms with Gasteiger partial charge in [0.05, 0.1) is 18.8 Å². The maximum atomic E-state index is 14.3. The van der Waals surface area contributed by atoms with Crippen molar-refractivity contribution < 1.29 is 79.8 Å². The summed E-state index contributed by atoms with van der Waals surface area (Å²) in [6.45, 7) is 10.4. The molecule has 19 heteroatoms. The van der Waals surface area contributed by atoms with Gasteiger partial charge in [0.1, 0.15) is 17.6 Å². The molecule has 0 aliphatic heterocycles. The number of aliphatic hydroxyl groups excluding tert-OH is 1. The summed E-state index contributed by atoms with van der Waals surface area (Å²) in [6, 6.07) is -0.867. The van der Waals surface area contributed by atoms with Gasteiger partial charge >= 0.3 is 36.2 Å². The number of methoxy groups -OCH3 is 1. The minimum atomic E-state index is -5.08. The van der Waals surface area contributed by atoms with E-state index in [4.69, 9.17) is 45.5 Å². The normalized spacial score (nSPS) is 32.8. The van der Waals surface area contributed by atoms with Crippen molar-refractivity contribution in [2.45, 2.75) is 102 Å². The maximum absolute atomic E-state index is 14.3. The lowest BCUT2D eigenvalue weighted by atomic mass is 9.39. The van der Waals surface area contributed by atoms with Gasteiger partial charge in [0.2, 0.25) is 0 Å². The number of Topliss-reactive ketones (excluding diaryl/α,β-unsaturated/α-hetero) is 1. The second kappa shape index (κ2) is 16.2. The maximum Gasteiger partial charge on any atom is 0.490 e. The Morgan fingerprint density at radius 1 is 1.02 bits per heavy atom. The number of ketones is 1. The molecule has 292 valence electrons. The van der Waals surface area contributed by atoms with Crippen LogP contribution in [0, 0.1) is 34.0 Å². The standard InChI is InChI=1S/C28H44N2O7.2C2HF3O2/c1-15-17-12-19(32)22-27(14-36-16(2)31)10-7-9-26(3,4)20(27)13-21(35-5)28(22,23(15)33)24(17)37-25(34)18(30)8-6-11-29;2*3-2(4,5)1(6)7/h17-22,24,32H,1,6-14,29-30H2,2-5H3;2*(H,6,7)/t17-,18-,19-,20+,21+,22-,24+,27-,28+;;/m0../s1. The minimum absolute atomic E-state index is 0.0182. The van der Waals surface area contributed by atoms with E-state index in [-0.39, 0.29) is 30.1 Å². The molecule has 0 saturated heterocycles. The molecule has 13 nitrogen and oxygen atoms in total. The number of carbonyl (C=O) groups is 5. The monoisotopic (exact) mass is 748 g/mol. The molecule has 0 aromatic heterocycles. The number of carboxylic acid groups (broad SMARTS) is 2. The summed E-state index contributed by atoms with van der Waals surface area (Å²) >= 11 is 0. The number of ether oxygens (including phenoxy) is 3. The van der Waals surface area contributed by atoms with Crippen LogP contribution in [-0.4, -0.2) is 102 Å². The van der Waals surface area contributed by atoms with E-state index in [0.29, 0.717) is 37.8 Å². The van der Waals surface area contributed by atoms with Crippen molar-refractivity contribution in [2.75, 3.05) is 20.3 Å². The lowest BCUT2D eigenvalue weighted by Crippen LogP contribution is -2.72. The Hall–Kier alpha value is -3.29. The first kappa shape index (κ1) is 43.9. The van der Waals surface area contributed by atoms with Gasteiger partial charge in [0.25, 0.3) is 0 Å². The first-order chi connectivity index (χ1) is 23.3. The number of aliphatic carboxylic acids is 2. The van der Waals surface area contributed by atoms with Crippen LogP contribution in [0.5, 0.6) is 0 Å². The third-order valence-electron chi connectivity index (χ3n) is 10.6. The third-order valence-corrected chi connectivity index (χ3v) is 10.6. The number of nitrogens with two attached hydrogens (primary N) is 2. The van der Waals surface area contributed by atoms with Crippen molar-refractivity contribution in [1.82, 2.24) is 0 Å². The average molecular weight is 749 g/mol. The Balaban J connectivity index is 0.000000543. The van der Waals surface area contributed by atoms with Crippen LogP contribution in [0.1, 0.15) is 65.7 Å². The fraction of sp³-hybridized carbons (Fsp3) is 0.781. The van der Waals surface area contributed by atoms with Crippen molar-refractivity contribution >= 4 is 29.7 Å². The molecule has 0 aromatic rings. The van der Waals surface area contributed by atoms with Crippen molar-refractivity contribution in [3.05, 3.63) is 12.2 Å². The first-order valence-electron chi connectivity index (χ1n) is 16.1. The number of fused-ring (bicyclic) bond motifs is 3. The quantitative estimate of drug-likeness (QED) is 0.137. The Morgan fingerprint density at radius 3 is 2.00 bits per heavy atom. The number of hydrogen-bond donors (Lipinski definition) is 5. The predicted octanol–water partition coefficient (Wildman–Crippen LogP) is 3.15. The molecular formula is C32H46F6N2O11. The second-order valence-corrected chi connectivity index (χ2v) is 14.0. The van der Waals surface area contributed by atoms with Gasteiger partial charge in [-0.2, -0.15) is 26.3 Å². The van der Waals surface area contributed by atoms with E-state index in [0.717, 1.165) is 12.8 Å². The molecule has 1 spiro atoms. The van der Waals surface area contributed by atoms with Crippen LogP contribution < -0.4 is 11.5 Å². The summed E-state index contributed by atoms with van der Waals surface area (Å²) in [4.78, 5) is 57.3. The predicted molar refractivity (Wildman–Crippen MR) is 163 cm³/mol. The van der Waals surface area contributed by atoms with Crippen LogP contribution >= 0.6 is 0 Å². The molecule has 51 heavy (non-hydrogen) atoms. The highest BCUT2D eigenvalue weighted by molar-refractivity contribution is 6.05. The van der Waals surface area contributed by atoms with Gasteiger partial charge in [0, 0.05) is 31.3 Å². The van der Waals surface area contributed by atoms with E-state index in [2.05, 4.69) is 20.4 Å². The lowest BCUT2D eigenvalue weighted by Gasteiger charge is -2.67. The van der Waals surface area contributed by atoms with Gasteiger partial charge in [-0.1, -0.05) is 26.8 Å². The summed E-state index contributed by atoms with van der Waals surface area (Å²) in [6.07, 6.45) is -8.26. The Labute approximate surface area is 290 Å². The van der Waals surface area contributed by atoms with E-state index in [1.54, 1.807) is 7.11 Å². The highest BCUT2D eigenvalue weighted by atomic mass is 19.4. The molecule has 9 atom stereocenters. The number of halogens is 6. The Morgan fingerprint density at radius 2 is 1.55 bits per heavy atom. The van der Waals surface area contributed by atoms with Gasteiger partial charge in [-0.15, -0.1) is 0 Å². The molecule has 0 amide bonds. The molecule has 0 radical (unpaired) electrons. The van der Waals surface area contributed by atoms with Gasteiger partial charge in [-0.25, -0.2) is 9.59 Å². The first-order valence-corrected chi connectivity index (χ1v) is 16.1. The largest absolute Gasteiger partial charge is 0.490 e. The summed E-state index contributed by atoms with van der Waals surface area (Å²) < 4.78 is 81.4. The van der Waals surface area contributed by atoms with Crippen molar-refractivity contribution in [3.8, 4) is 0 Å². The molecule has 0 heterocycles. The molecule has 4 aliphatic rings. The number of carbonyl (C=O) groups excluding carboxylic acids is 3. The van der Waals surface area contributed by atoms with Crippen molar-refractivity contribution in [2.24, 2.45) is 45.5 Å². The molecule has 0 aromatic carbocycles. The second-order valence-electron chi connectivity index (χ2n) is 14.0. The highest BCUT2D eigenvalue weighted by Gasteiger charge is 2.78. The number of rotatable bonds is 8. The van der Waals surface area contributed by atoms with Crippen LogP contribution in [-0.2, 0) is 38.2 Å². The SMILES string of the molecule is C=C1C(=O)[C@]23[C@H](OC(=O)[C@@H](N)CCCN)[C@H]1C[C@H](O)[C@H]2[C@]1(COC(C)=O)CCCC(C)(C)[C@H]1C[C@H]3OC.O=C(O)C(F)(F)F.O=C(O)C(F)(F)F. The number of alkyl halides is 6. The molecule has 4 aliphatic carbocycles. The van der Waals surface area contributed by atoms with Crippen molar-refractivity contribution in [1.29, 1.82) is 0 Å². The zero-order chi connectivity index (χ0) is 39.5. The average Bonchev–Trinajstić information content (AvgIpc) is 3.13. The van der Waals surface area contributed by atoms with E-state index in [1.807, 2.05) is 0 Å². The smallest absolute Gasteiger partial charge is 0.475 e. The van der Waals surface area contributed by atoms with Crippen LogP contribution in [0.15, 0.2) is 12.2 Å². The molecular weight excluding hydrogens is 702 g/mol. The molecule has 0 unspecified atom stereocenters. The van der Waals surface area contributed by atoms with Crippen LogP contribution in [0.25, 0.3) is 0 Å². The van der Waals surface area contributed by atoms with Crippen molar-refractivity contribution in [3.63, 3.8) is 0 Å². The van der Waals surface area contributed by atoms with E-state index < -0.39 is 83.2 Å². The van der Waals surface area contributed by atoms with Crippen LogP contribution in [0.4, 0.5) is 26.3 Å². The highest BCUT2D eigenvalue weighted by Crippen LogP contribution is 2.72. The summed E-state index contributed by atoms with van der Waals surface area (Å²) in [5, 5.41) is 26.0. The number of carboxylic acids is 2. The zero-order valence-corrected chi connectivity index (χ0v) is 28.6. The molecule has 2 bridgehead atoms. The van der Waals surface area contributed by atoms with Gasteiger partial charge in [-0.05, 0) is 62.0 Å². The molecule has 4 fully saturated rings.